The lowest BCUT2D eigenvalue weighted by molar-refractivity contribution is -0.138. The van der Waals surface area contributed by atoms with Crippen molar-refractivity contribution in [3.05, 3.63) is 93.8 Å². The third kappa shape index (κ3) is 3.25. The molecule has 4 aromatic rings. The molecule has 0 saturated carbocycles. The minimum atomic E-state index is -4.47. The van der Waals surface area contributed by atoms with Crippen molar-refractivity contribution in [3.63, 3.8) is 0 Å². The van der Waals surface area contributed by atoms with Gasteiger partial charge in [-0.25, -0.2) is 14.6 Å². The molecule has 3 aromatic heterocycles. The van der Waals surface area contributed by atoms with E-state index in [-0.39, 0.29) is 5.41 Å². The van der Waals surface area contributed by atoms with Crippen molar-refractivity contribution in [3.8, 4) is 5.69 Å². The molecule has 1 aliphatic carbocycles. The van der Waals surface area contributed by atoms with Gasteiger partial charge >= 0.3 is 6.18 Å². The van der Waals surface area contributed by atoms with Crippen LogP contribution in [0.1, 0.15) is 72.6 Å². The van der Waals surface area contributed by atoms with Crippen molar-refractivity contribution in [1.82, 2.24) is 24.7 Å². The Kier molecular flexibility index (Phi) is 4.86. The van der Waals surface area contributed by atoms with Crippen LogP contribution in [-0.2, 0) is 36.4 Å². The van der Waals surface area contributed by atoms with Crippen LogP contribution in [-0.4, -0.2) is 31.3 Å². The molecule has 0 fully saturated rings. The second-order valence-electron chi connectivity index (χ2n) is 11.5. The van der Waals surface area contributed by atoms with E-state index in [2.05, 4.69) is 77.7 Å². The number of aromatic amines is 1. The summed E-state index contributed by atoms with van der Waals surface area (Å²) in [5.41, 5.74) is 8.98. The lowest BCUT2D eigenvalue weighted by Gasteiger charge is -2.46. The molecular formula is C30H29F3N6. The minimum absolute atomic E-state index is 0.185. The first-order chi connectivity index (χ1) is 18.5. The summed E-state index contributed by atoms with van der Waals surface area (Å²) >= 11 is 0. The fraction of sp³-hybridized carbons (Fsp3) is 0.367. The Balaban J connectivity index is 1.44. The molecule has 7 rings (SSSR count). The second-order valence-corrected chi connectivity index (χ2v) is 11.5. The van der Waals surface area contributed by atoms with Crippen molar-refractivity contribution < 1.29 is 13.2 Å². The van der Waals surface area contributed by atoms with Gasteiger partial charge in [0, 0.05) is 60.3 Å². The summed E-state index contributed by atoms with van der Waals surface area (Å²) in [5.74, 6) is 0.298. The Labute approximate surface area is 224 Å². The van der Waals surface area contributed by atoms with Crippen LogP contribution < -0.4 is 4.90 Å². The summed E-state index contributed by atoms with van der Waals surface area (Å²) in [6.07, 6.45) is 3.21. The van der Waals surface area contributed by atoms with Gasteiger partial charge in [0.1, 0.15) is 0 Å². The van der Waals surface area contributed by atoms with E-state index in [0.717, 1.165) is 41.5 Å². The number of benzene rings is 1. The average Bonchev–Trinajstić information content (AvgIpc) is 3.56. The van der Waals surface area contributed by atoms with Crippen LogP contribution in [0.2, 0.25) is 0 Å². The average molecular weight is 531 g/mol. The van der Waals surface area contributed by atoms with Crippen LogP contribution in [0.4, 0.5) is 19.1 Å². The summed E-state index contributed by atoms with van der Waals surface area (Å²) < 4.78 is 41.5. The number of fused-ring (bicyclic) bond motifs is 10. The highest BCUT2D eigenvalue weighted by atomic mass is 19.4. The van der Waals surface area contributed by atoms with E-state index >= 15 is 0 Å². The zero-order chi connectivity index (χ0) is 27.3. The van der Waals surface area contributed by atoms with Gasteiger partial charge in [0.15, 0.2) is 0 Å². The van der Waals surface area contributed by atoms with Crippen molar-refractivity contribution in [1.29, 1.82) is 0 Å². The predicted molar refractivity (Wildman–Crippen MR) is 143 cm³/mol. The molecule has 2 aliphatic heterocycles. The number of halogens is 3. The minimum Gasteiger partial charge on any atom is -0.364 e. The Morgan fingerprint density at radius 3 is 2.56 bits per heavy atom. The maximum absolute atomic E-state index is 13.1. The maximum Gasteiger partial charge on any atom is 0.419 e. The van der Waals surface area contributed by atoms with Crippen LogP contribution in [0.3, 0.4) is 0 Å². The van der Waals surface area contributed by atoms with Crippen molar-refractivity contribution in [2.24, 2.45) is 0 Å². The zero-order valence-corrected chi connectivity index (χ0v) is 22.3. The number of nitrogens with zero attached hydrogens (tertiary/aromatic N) is 5. The molecule has 0 radical (unpaired) electrons. The molecule has 9 heteroatoms. The molecule has 1 atom stereocenters. The highest BCUT2D eigenvalue weighted by Gasteiger charge is 2.51. The number of alkyl halides is 3. The van der Waals surface area contributed by atoms with Gasteiger partial charge in [0.25, 0.3) is 0 Å². The summed E-state index contributed by atoms with van der Waals surface area (Å²) in [4.78, 5) is 13.7. The van der Waals surface area contributed by atoms with Gasteiger partial charge in [-0.3, -0.25) is 0 Å². The van der Waals surface area contributed by atoms with Crippen molar-refractivity contribution >= 4 is 11.5 Å². The first-order valence-corrected chi connectivity index (χ1v) is 13.3. The summed E-state index contributed by atoms with van der Waals surface area (Å²) in [5, 5.41) is 5.21. The fourth-order valence-electron chi connectivity index (χ4n) is 6.84. The standard InChI is InChI=1S/C30H29F3N6/c1-5-17-7-6-8-19-22-13-28(2,3)25-21(9-11-34-25)29(22,4)26-20-16-38(12-10-23(20)37-39(26)24(17)19)27-35-14-18(15-36-27)30(31,32)33/h6-9,11,13-15,34H,5,10,12,16H2,1-4H3. The van der Waals surface area contributed by atoms with E-state index in [1.165, 1.54) is 28.0 Å². The monoisotopic (exact) mass is 530 g/mol. The number of H-pyrrole nitrogens is 1. The lowest BCUT2D eigenvalue weighted by Crippen LogP contribution is -2.41. The largest absolute Gasteiger partial charge is 0.419 e. The third-order valence-electron chi connectivity index (χ3n) is 8.73. The van der Waals surface area contributed by atoms with E-state index in [0.29, 0.717) is 25.5 Å². The molecule has 1 unspecified atom stereocenters. The Morgan fingerprint density at radius 2 is 1.85 bits per heavy atom. The molecule has 0 bridgehead atoms. The number of allylic oxidation sites excluding steroid dienone is 2. The van der Waals surface area contributed by atoms with Crippen LogP contribution in [0, 0.1) is 0 Å². The van der Waals surface area contributed by atoms with E-state index in [1.807, 2.05) is 11.1 Å². The first kappa shape index (κ1) is 24.2. The maximum atomic E-state index is 13.1. The number of aryl methyl sites for hydroxylation is 1. The van der Waals surface area contributed by atoms with Gasteiger partial charge in [-0.2, -0.15) is 18.3 Å². The molecule has 0 amide bonds. The van der Waals surface area contributed by atoms with Gasteiger partial charge in [0.05, 0.1) is 28.1 Å². The molecule has 5 heterocycles. The van der Waals surface area contributed by atoms with E-state index < -0.39 is 17.2 Å². The number of rotatable bonds is 2. The second kappa shape index (κ2) is 7.83. The van der Waals surface area contributed by atoms with E-state index in [4.69, 9.17) is 5.10 Å². The lowest BCUT2D eigenvalue weighted by atomic mass is 9.60. The fourth-order valence-corrected chi connectivity index (χ4v) is 6.84. The van der Waals surface area contributed by atoms with Gasteiger partial charge in [0.2, 0.25) is 5.95 Å². The SMILES string of the molecule is CCc1cccc2c1-n1nc3c(c1C1(C)C2=CC(C)(C)c2[nH]ccc21)CN(c1ncc(C(F)(F)F)cn1)CC3. The van der Waals surface area contributed by atoms with Crippen LogP contribution >= 0.6 is 0 Å². The molecule has 39 heavy (non-hydrogen) atoms. The molecule has 3 aliphatic rings. The smallest absolute Gasteiger partial charge is 0.364 e. The van der Waals surface area contributed by atoms with Gasteiger partial charge < -0.3 is 9.88 Å². The van der Waals surface area contributed by atoms with E-state index in [1.54, 1.807) is 0 Å². The normalized spacial score (nSPS) is 20.9. The molecule has 200 valence electrons. The Bertz CT molecular complexity index is 1660. The highest BCUT2D eigenvalue weighted by molar-refractivity contribution is 5.89. The molecule has 1 aromatic carbocycles. The van der Waals surface area contributed by atoms with Crippen molar-refractivity contribution in [2.75, 3.05) is 11.4 Å². The number of hydrogen-bond donors (Lipinski definition) is 1. The molecule has 6 nitrogen and oxygen atoms in total. The Hall–Kier alpha value is -3.88. The van der Waals surface area contributed by atoms with E-state index in [9.17, 15) is 13.2 Å². The number of nitrogens with one attached hydrogen (secondary N) is 1. The molecule has 0 saturated heterocycles. The molecule has 0 spiro atoms. The molecular weight excluding hydrogens is 501 g/mol. The van der Waals surface area contributed by atoms with Crippen LogP contribution in [0.5, 0.6) is 0 Å². The third-order valence-corrected chi connectivity index (χ3v) is 8.73. The summed E-state index contributed by atoms with van der Waals surface area (Å²) in [6, 6.07) is 8.70. The van der Waals surface area contributed by atoms with Crippen LogP contribution in [0.15, 0.2) is 48.9 Å². The number of hydrogen-bond acceptors (Lipinski definition) is 4. The first-order valence-electron chi connectivity index (χ1n) is 13.3. The number of aromatic nitrogens is 5. The van der Waals surface area contributed by atoms with Crippen molar-refractivity contribution in [2.45, 2.75) is 64.1 Å². The van der Waals surface area contributed by atoms with Gasteiger partial charge in [-0.05, 0) is 36.1 Å². The highest BCUT2D eigenvalue weighted by Crippen LogP contribution is 2.57. The van der Waals surface area contributed by atoms with Gasteiger partial charge in [-0.15, -0.1) is 0 Å². The number of para-hydroxylation sites is 1. The summed E-state index contributed by atoms with van der Waals surface area (Å²) in [6.45, 7) is 9.99. The zero-order valence-electron chi connectivity index (χ0n) is 22.3. The topological polar surface area (TPSA) is 62.6 Å². The number of anilines is 1. The molecule has 1 N–H and O–H groups in total. The van der Waals surface area contributed by atoms with Gasteiger partial charge in [-0.1, -0.05) is 45.0 Å². The summed E-state index contributed by atoms with van der Waals surface area (Å²) in [7, 11) is 0. The quantitative estimate of drug-likeness (QED) is 0.339. The van der Waals surface area contributed by atoms with Crippen LogP contribution in [0.25, 0.3) is 11.3 Å². The predicted octanol–water partition coefficient (Wildman–Crippen LogP) is 6.13. The Morgan fingerprint density at radius 1 is 1.08 bits per heavy atom.